The Hall–Kier alpha value is -3.12. The second-order valence-electron chi connectivity index (χ2n) is 4.87. The molecule has 0 aliphatic heterocycles. The molecular weight excluding hydrogens is 258 g/mol. The van der Waals surface area contributed by atoms with Gasteiger partial charge in [-0.3, -0.25) is 4.40 Å². The lowest BCUT2D eigenvalue weighted by Crippen LogP contribution is -1.91. The summed E-state index contributed by atoms with van der Waals surface area (Å²) in [7, 11) is 0. The lowest BCUT2D eigenvalue weighted by atomic mass is 10.2. The Kier molecular flexibility index (Phi) is 2.48. The highest BCUT2D eigenvalue weighted by Gasteiger charge is 2.14. The van der Waals surface area contributed by atoms with Gasteiger partial charge in [-0.15, -0.1) is 0 Å². The third kappa shape index (κ3) is 1.70. The van der Waals surface area contributed by atoms with E-state index >= 15 is 0 Å². The molecule has 0 radical (unpaired) electrons. The molecule has 0 amide bonds. The van der Waals surface area contributed by atoms with Crippen LogP contribution in [0.15, 0.2) is 66.7 Å². The molecule has 0 N–H and O–H groups in total. The van der Waals surface area contributed by atoms with Crippen molar-refractivity contribution in [3.05, 3.63) is 72.4 Å². The van der Waals surface area contributed by atoms with Crippen molar-refractivity contribution in [2.75, 3.05) is 0 Å². The molecule has 4 rings (SSSR count). The number of imidazole rings is 1. The largest absolute Gasteiger partial charge is 0.291 e. The van der Waals surface area contributed by atoms with Crippen LogP contribution in [0.5, 0.6) is 0 Å². The lowest BCUT2D eigenvalue weighted by Gasteiger charge is -2.06. The zero-order chi connectivity index (χ0) is 14.2. The van der Waals surface area contributed by atoms with E-state index in [0.717, 1.165) is 27.8 Å². The van der Waals surface area contributed by atoms with E-state index in [1.165, 1.54) is 0 Å². The molecule has 3 nitrogen and oxygen atoms in total. The Morgan fingerprint density at radius 1 is 0.810 bits per heavy atom. The molecule has 0 atom stereocenters. The van der Waals surface area contributed by atoms with Crippen LogP contribution in [-0.4, -0.2) is 9.38 Å². The minimum Gasteiger partial charge on any atom is -0.291 e. The molecule has 0 saturated carbocycles. The average Bonchev–Trinajstić information content (AvgIpc) is 2.95. The number of rotatable bonds is 1. The van der Waals surface area contributed by atoms with Crippen LogP contribution in [0.2, 0.25) is 0 Å². The van der Waals surface area contributed by atoms with Crippen LogP contribution in [0.3, 0.4) is 0 Å². The maximum Gasteiger partial charge on any atom is 0.166 e. The Labute approximate surface area is 121 Å². The predicted molar refractivity (Wildman–Crippen MR) is 82.8 cm³/mol. The summed E-state index contributed by atoms with van der Waals surface area (Å²) in [6.45, 7) is 0. The van der Waals surface area contributed by atoms with Gasteiger partial charge in [0, 0.05) is 5.56 Å². The predicted octanol–water partition coefficient (Wildman–Crippen LogP) is 4.03. The average molecular weight is 269 g/mol. The summed E-state index contributed by atoms with van der Waals surface area (Å²) < 4.78 is 2.06. The Bertz CT molecular complexity index is 992. The van der Waals surface area contributed by atoms with E-state index in [2.05, 4.69) is 27.6 Å². The third-order valence-electron chi connectivity index (χ3n) is 3.65. The van der Waals surface area contributed by atoms with Crippen molar-refractivity contribution < 1.29 is 0 Å². The van der Waals surface area contributed by atoms with Crippen LogP contribution < -0.4 is 0 Å². The summed E-state index contributed by atoms with van der Waals surface area (Å²) in [5.41, 5.74) is 3.36. The fourth-order valence-electron chi connectivity index (χ4n) is 2.69. The molecule has 0 unspecified atom stereocenters. The van der Waals surface area contributed by atoms with Gasteiger partial charge in [-0.25, -0.2) is 4.98 Å². The van der Waals surface area contributed by atoms with Crippen LogP contribution >= 0.6 is 0 Å². The molecule has 2 aromatic carbocycles. The highest BCUT2D eigenvalue weighted by molar-refractivity contribution is 5.86. The third-order valence-corrected chi connectivity index (χ3v) is 3.65. The molecule has 3 heteroatoms. The molecule has 4 aromatic rings. The van der Waals surface area contributed by atoms with Gasteiger partial charge >= 0.3 is 0 Å². The molecular formula is C18H11N3. The number of hydrogen-bond donors (Lipinski definition) is 0. The highest BCUT2D eigenvalue weighted by Crippen LogP contribution is 2.27. The van der Waals surface area contributed by atoms with Crippen LogP contribution in [0.25, 0.3) is 27.8 Å². The second-order valence-corrected chi connectivity index (χ2v) is 4.87. The van der Waals surface area contributed by atoms with E-state index in [1.807, 2.05) is 54.6 Å². The van der Waals surface area contributed by atoms with Gasteiger partial charge in [0.25, 0.3) is 0 Å². The monoisotopic (exact) mass is 269 g/mol. The fraction of sp³-hybridized carbons (Fsp3) is 0. The first-order chi connectivity index (χ1) is 10.4. The summed E-state index contributed by atoms with van der Waals surface area (Å²) in [4.78, 5) is 4.53. The summed E-state index contributed by atoms with van der Waals surface area (Å²) in [5.74, 6) is 0.805. The minimum atomic E-state index is 0.458. The van der Waals surface area contributed by atoms with E-state index < -0.39 is 0 Å². The Balaban J connectivity index is 2.21. The molecule has 0 fully saturated rings. The quantitative estimate of drug-likeness (QED) is 0.523. The normalized spacial score (nSPS) is 10.8. The van der Waals surface area contributed by atoms with Crippen LogP contribution in [0.1, 0.15) is 5.69 Å². The first kappa shape index (κ1) is 11.7. The summed E-state index contributed by atoms with van der Waals surface area (Å²) >= 11 is 0. The van der Waals surface area contributed by atoms with Gasteiger partial charge in [0.15, 0.2) is 5.69 Å². The van der Waals surface area contributed by atoms with Crippen molar-refractivity contribution >= 4 is 16.4 Å². The van der Waals surface area contributed by atoms with Gasteiger partial charge in [-0.05, 0) is 17.5 Å². The van der Waals surface area contributed by atoms with E-state index in [4.69, 9.17) is 0 Å². The van der Waals surface area contributed by atoms with Gasteiger partial charge in [0.1, 0.15) is 11.9 Å². The lowest BCUT2D eigenvalue weighted by molar-refractivity contribution is 1.21. The molecule has 0 spiro atoms. The van der Waals surface area contributed by atoms with E-state index in [9.17, 15) is 5.26 Å². The first-order valence-electron chi connectivity index (χ1n) is 6.74. The topological polar surface area (TPSA) is 41.1 Å². The van der Waals surface area contributed by atoms with Crippen molar-refractivity contribution in [1.29, 1.82) is 5.26 Å². The number of hydrogen-bond acceptors (Lipinski definition) is 2. The van der Waals surface area contributed by atoms with Crippen molar-refractivity contribution in [3.8, 4) is 17.5 Å². The summed E-state index contributed by atoms with van der Waals surface area (Å²) in [6, 6.07) is 24.3. The van der Waals surface area contributed by atoms with E-state index in [0.29, 0.717) is 5.69 Å². The smallest absolute Gasteiger partial charge is 0.166 e. The maximum absolute atomic E-state index is 9.34. The number of nitriles is 1. The zero-order valence-electron chi connectivity index (χ0n) is 11.2. The van der Waals surface area contributed by atoms with Crippen LogP contribution in [0, 0.1) is 11.3 Å². The van der Waals surface area contributed by atoms with Gasteiger partial charge < -0.3 is 0 Å². The van der Waals surface area contributed by atoms with Crippen molar-refractivity contribution in [2.45, 2.75) is 0 Å². The van der Waals surface area contributed by atoms with Crippen molar-refractivity contribution in [3.63, 3.8) is 0 Å². The Morgan fingerprint density at radius 2 is 1.57 bits per heavy atom. The highest BCUT2D eigenvalue weighted by atomic mass is 15.0. The van der Waals surface area contributed by atoms with Crippen LogP contribution in [0.4, 0.5) is 0 Å². The van der Waals surface area contributed by atoms with Crippen molar-refractivity contribution in [2.24, 2.45) is 0 Å². The number of nitrogens with zero attached hydrogens (tertiary/aromatic N) is 3. The molecule has 0 aliphatic carbocycles. The zero-order valence-corrected chi connectivity index (χ0v) is 11.2. The van der Waals surface area contributed by atoms with Crippen LogP contribution in [-0.2, 0) is 0 Å². The van der Waals surface area contributed by atoms with Gasteiger partial charge in [0.2, 0.25) is 0 Å². The number of pyridine rings is 1. The minimum absolute atomic E-state index is 0.458. The Morgan fingerprint density at radius 3 is 2.38 bits per heavy atom. The molecule has 21 heavy (non-hydrogen) atoms. The molecule has 0 aliphatic rings. The van der Waals surface area contributed by atoms with Crippen molar-refractivity contribution in [1.82, 2.24) is 9.38 Å². The standard InChI is InChI=1S/C18H11N3/c19-12-15-17-11-10-13-6-4-5-9-16(13)21(17)18(20-15)14-7-2-1-3-8-14/h1-11H. The number of fused-ring (bicyclic) bond motifs is 3. The summed E-state index contributed by atoms with van der Waals surface area (Å²) in [6.07, 6.45) is 0. The summed E-state index contributed by atoms with van der Waals surface area (Å²) in [5, 5.41) is 10.5. The fourth-order valence-corrected chi connectivity index (χ4v) is 2.69. The number of para-hydroxylation sites is 1. The molecule has 2 heterocycles. The second kappa shape index (κ2) is 4.46. The first-order valence-corrected chi connectivity index (χ1v) is 6.74. The van der Waals surface area contributed by atoms with Gasteiger partial charge in [-0.1, -0.05) is 54.6 Å². The van der Waals surface area contributed by atoms with E-state index in [-0.39, 0.29) is 0 Å². The SMILES string of the molecule is N#Cc1nc(-c2ccccc2)n2c1ccc1ccccc12. The molecule has 2 aromatic heterocycles. The molecule has 0 bridgehead atoms. The van der Waals surface area contributed by atoms with E-state index in [1.54, 1.807) is 0 Å². The number of benzene rings is 2. The van der Waals surface area contributed by atoms with Gasteiger partial charge in [-0.2, -0.15) is 5.26 Å². The van der Waals surface area contributed by atoms with Gasteiger partial charge in [0.05, 0.1) is 11.0 Å². The molecule has 98 valence electrons. The molecule has 0 saturated heterocycles. The maximum atomic E-state index is 9.34. The number of aromatic nitrogens is 2.